The fraction of sp³-hybridized carbons (Fsp3) is 0.125. The molecule has 0 saturated carbocycles. The Kier molecular flexibility index (Phi) is 7.07. The normalized spacial score (nSPS) is 10.3. The van der Waals surface area contributed by atoms with Gasteiger partial charge >= 0.3 is 0 Å². The minimum Gasteiger partial charge on any atom is -0.457 e. The Morgan fingerprint density at radius 1 is 0.720 bits per heavy atom. The Hall–Kier alpha value is -0.900. The summed E-state index contributed by atoms with van der Waals surface area (Å²) in [4.78, 5) is 22.5. The van der Waals surface area contributed by atoms with Gasteiger partial charge in [-0.1, -0.05) is 0 Å². The number of hydrogen-bond acceptors (Lipinski definition) is 3. The lowest BCUT2D eigenvalue weighted by atomic mass is 10.2. The van der Waals surface area contributed by atoms with Crippen LogP contribution in [0.5, 0.6) is 11.5 Å². The molecule has 0 aliphatic rings. The number of carbonyl (C=O) groups excluding carboxylic acids is 2. The van der Waals surface area contributed by atoms with Crippen molar-refractivity contribution in [3.63, 3.8) is 0 Å². The van der Waals surface area contributed by atoms with Crippen LogP contribution in [-0.4, -0.2) is 11.8 Å². The number of amides is 2. The van der Waals surface area contributed by atoms with E-state index in [-0.39, 0.29) is 11.8 Å². The van der Waals surface area contributed by atoms with Crippen molar-refractivity contribution in [2.45, 2.75) is 13.8 Å². The van der Waals surface area contributed by atoms with Crippen LogP contribution in [-0.2, 0) is 9.59 Å². The van der Waals surface area contributed by atoms with Crippen LogP contribution in [0.4, 0.5) is 11.4 Å². The predicted octanol–water partition coefficient (Wildman–Crippen LogP) is 6.45. The van der Waals surface area contributed by atoms with Crippen LogP contribution in [0.25, 0.3) is 0 Å². The molecule has 2 amide bonds. The molecule has 5 nitrogen and oxygen atoms in total. The van der Waals surface area contributed by atoms with E-state index < -0.39 is 0 Å². The van der Waals surface area contributed by atoms with Gasteiger partial charge < -0.3 is 15.4 Å². The lowest BCUT2D eigenvalue weighted by molar-refractivity contribution is -0.115. The van der Waals surface area contributed by atoms with Crippen molar-refractivity contribution in [1.82, 2.24) is 0 Å². The quantitative estimate of drug-likeness (QED) is 0.425. The van der Waals surface area contributed by atoms with Gasteiger partial charge in [-0.25, -0.2) is 0 Å². The Balaban J connectivity index is 2.31. The number of rotatable bonds is 4. The second-order valence-corrected chi connectivity index (χ2v) is 8.41. The molecule has 0 aliphatic carbocycles. The molecule has 2 rings (SSSR count). The molecule has 9 heteroatoms. The van der Waals surface area contributed by atoms with E-state index in [1.807, 2.05) is 0 Å². The number of benzene rings is 2. The highest BCUT2D eigenvalue weighted by Crippen LogP contribution is 2.40. The van der Waals surface area contributed by atoms with Gasteiger partial charge in [0.05, 0.1) is 11.4 Å². The maximum Gasteiger partial charge on any atom is 0.221 e. The molecule has 0 spiro atoms. The topological polar surface area (TPSA) is 67.4 Å². The zero-order chi connectivity index (χ0) is 18.7. The van der Waals surface area contributed by atoms with Crippen LogP contribution in [0.15, 0.2) is 42.2 Å². The second kappa shape index (κ2) is 8.66. The molecule has 2 aromatic rings. The fourth-order valence-corrected chi connectivity index (χ4v) is 4.63. The van der Waals surface area contributed by atoms with Gasteiger partial charge in [0.15, 0.2) is 0 Å². The number of nitrogens with one attached hydrogen (secondary N) is 2. The summed E-state index contributed by atoms with van der Waals surface area (Å²) in [6.07, 6.45) is 0. The van der Waals surface area contributed by atoms with Crippen LogP contribution in [0.1, 0.15) is 13.8 Å². The van der Waals surface area contributed by atoms with Gasteiger partial charge in [-0.05, 0) is 88.0 Å². The van der Waals surface area contributed by atoms with Gasteiger partial charge in [0.2, 0.25) is 11.8 Å². The summed E-state index contributed by atoms with van der Waals surface area (Å²) in [6.45, 7) is 2.88. The van der Waals surface area contributed by atoms with Crippen molar-refractivity contribution in [1.29, 1.82) is 0 Å². The van der Waals surface area contributed by atoms with Crippen molar-refractivity contribution < 1.29 is 14.3 Å². The van der Waals surface area contributed by atoms with Gasteiger partial charge in [0.1, 0.15) is 11.5 Å². The molecule has 25 heavy (non-hydrogen) atoms. The monoisotopic (exact) mass is 596 g/mol. The molecule has 2 aromatic carbocycles. The van der Waals surface area contributed by atoms with E-state index in [4.69, 9.17) is 4.74 Å². The molecule has 2 N–H and O–H groups in total. The first kappa shape index (κ1) is 20.4. The molecule has 0 heterocycles. The van der Waals surface area contributed by atoms with Crippen molar-refractivity contribution in [2.24, 2.45) is 0 Å². The van der Waals surface area contributed by atoms with E-state index in [9.17, 15) is 9.59 Å². The first-order valence-corrected chi connectivity index (χ1v) is 10.1. The third kappa shape index (κ3) is 5.54. The van der Waals surface area contributed by atoms with Gasteiger partial charge in [0, 0.05) is 31.7 Å². The number of hydrogen-bond donors (Lipinski definition) is 2. The largest absolute Gasteiger partial charge is 0.457 e. The molecule has 0 unspecified atom stereocenters. The Labute approximate surface area is 178 Å². The predicted molar refractivity (Wildman–Crippen MR) is 112 cm³/mol. The first-order chi connectivity index (χ1) is 11.7. The van der Waals surface area contributed by atoms with Crippen LogP contribution in [0.2, 0.25) is 0 Å². The Morgan fingerprint density at radius 2 is 1.00 bits per heavy atom. The zero-order valence-electron chi connectivity index (χ0n) is 13.0. The van der Waals surface area contributed by atoms with E-state index >= 15 is 0 Å². The number of halogens is 4. The second-order valence-electron chi connectivity index (χ2n) is 4.99. The van der Waals surface area contributed by atoms with Crippen LogP contribution >= 0.6 is 63.7 Å². The molecule has 0 bridgehead atoms. The van der Waals surface area contributed by atoms with E-state index in [1.54, 1.807) is 24.3 Å². The standard InChI is InChI=1S/C16H12Br4N2O3/c1-7(23)21-15-11(17)3-9(4-12(15)18)25-10-5-13(19)16(14(20)6-10)22-8(2)24/h3-6H,1-2H3,(H,21,23)(H,22,24). The number of ether oxygens (including phenoxy) is 1. The summed E-state index contributed by atoms with van der Waals surface area (Å²) in [7, 11) is 0. The summed E-state index contributed by atoms with van der Waals surface area (Å²) in [5, 5.41) is 5.47. The third-order valence-corrected chi connectivity index (χ3v) is 5.37. The van der Waals surface area contributed by atoms with E-state index in [0.717, 1.165) is 0 Å². The minimum absolute atomic E-state index is 0.170. The van der Waals surface area contributed by atoms with Crippen molar-refractivity contribution >= 4 is 86.9 Å². The Bertz CT molecular complexity index is 740. The van der Waals surface area contributed by atoms with E-state index in [1.165, 1.54) is 13.8 Å². The van der Waals surface area contributed by atoms with Crippen molar-refractivity contribution in [3.05, 3.63) is 42.2 Å². The zero-order valence-corrected chi connectivity index (χ0v) is 19.4. The van der Waals surface area contributed by atoms with Gasteiger partial charge in [-0.15, -0.1) is 0 Å². The van der Waals surface area contributed by atoms with Crippen molar-refractivity contribution in [3.8, 4) is 11.5 Å². The highest BCUT2D eigenvalue weighted by molar-refractivity contribution is 9.11. The summed E-state index contributed by atoms with van der Waals surface area (Å²) in [5.74, 6) is 0.797. The van der Waals surface area contributed by atoms with E-state index in [2.05, 4.69) is 74.4 Å². The molecule has 0 aliphatic heterocycles. The highest BCUT2D eigenvalue weighted by atomic mass is 79.9. The maximum atomic E-state index is 11.3. The van der Waals surface area contributed by atoms with Crippen LogP contribution in [0, 0.1) is 0 Å². The maximum absolute atomic E-state index is 11.3. The summed E-state index contributed by atoms with van der Waals surface area (Å²) >= 11 is 13.7. The molecule has 0 fully saturated rings. The smallest absolute Gasteiger partial charge is 0.221 e. The summed E-state index contributed by atoms with van der Waals surface area (Å²) < 4.78 is 8.60. The lowest BCUT2D eigenvalue weighted by Crippen LogP contribution is -2.07. The third-order valence-electron chi connectivity index (χ3n) is 2.87. The Morgan fingerprint density at radius 3 is 1.24 bits per heavy atom. The molecular formula is C16H12Br4N2O3. The van der Waals surface area contributed by atoms with Gasteiger partial charge in [-0.2, -0.15) is 0 Å². The number of carbonyl (C=O) groups is 2. The average Bonchev–Trinajstić information content (AvgIpc) is 2.46. The molecule has 0 aromatic heterocycles. The molecule has 0 saturated heterocycles. The van der Waals surface area contributed by atoms with Gasteiger partial charge in [-0.3, -0.25) is 9.59 Å². The summed E-state index contributed by atoms with van der Waals surface area (Å²) in [6, 6.07) is 7.00. The molecule has 132 valence electrons. The van der Waals surface area contributed by atoms with Gasteiger partial charge in [0.25, 0.3) is 0 Å². The molecule has 0 radical (unpaired) electrons. The summed E-state index contributed by atoms with van der Waals surface area (Å²) in [5.41, 5.74) is 1.26. The highest BCUT2D eigenvalue weighted by Gasteiger charge is 2.13. The number of anilines is 2. The lowest BCUT2D eigenvalue weighted by Gasteiger charge is -2.14. The average molecular weight is 600 g/mol. The minimum atomic E-state index is -0.170. The molecular weight excluding hydrogens is 588 g/mol. The van der Waals surface area contributed by atoms with Crippen LogP contribution in [0.3, 0.4) is 0 Å². The van der Waals surface area contributed by atoms with Crippen molar-refractivity contribution in [2.75, 3.05) is 10.6 Å². The SMILES string of the molecule is CC(=O)Nc1c(Br)cc(Oc2cc(Br)c(NC(C)=O)c(Br)c2)cc1Br. The van der Waals surface area contributed by atoms with E-state index in [0.29, 0.717) is 40.8 Å². The van der Waals surface area contributed by atoms with Crippen LogP contribution < -0.4 is 15.4 Å². The first-order valence-electron chi connectivity index (χ1n) is 6.88. The fourth-order valence-electron chi connectivity index (χ4n) is 1.94. The molecule has 0 atom stereocenters.